The molecule has 44 heavy (non-hydrogen) atoms. The van der Waals surface area contributed by atoms with Crippen LogP contribution >= 0.6 is 0 Å². The maximum atomic E-state index is 2.48. The molecule has 0 N–H and O–H groups in total. The van der Waals surface area contributed by atoms with Gasteiger partial charge in [0.15, 0.2) is 0 Å². The molecule has 0 bridgehead atoms. The van der Waals surface area contributed by atoms with Crippen LogP contribution < -0.4 is 0 Å². The molecule has 7 aromatic carbocycles. The van der Waals surface area contributed by atoms with Gasteiger partial charge in [-0.25, -0.2) is 0 Å². The van der Waals surface area contributed by atoms with Crippen molar-refractivity contribution >= 4 is 43.6 Å². The normalized spacial score (nSPS) is 12.1. The Morgan fingerprint density at radius 3 is 1.70 bits per heavy atom. The van der Waals surface area contributed by atoms with Gasteiger partial charge in [-0.1, -0.05) is 109 Å². The first-order valence-corrected chi connectivity index (χ1v) is 15.2. The second-order valence-electron chi connectivity index (χ2n) is 11.8. The third kappa shape index (κ3) is 3.14. The summed E-state index contributed by atoms with van der Waals surface area (Å²) < 4.78 is 4.88. The summed E-state index contributed by atoms with van der Waals surface area (Å²) in [6.45, 7) is 0. The zero-order chi connectivity index (χ0) is 28.8. The van der Waals surface area contributed by atoms with E-state index in [0.29, 0.717) is 0 Å². The third-order valence-corrected chi connectivity index (χ3v) is 9.44. The van der Waals surface area contributed by atoms with Gasteiger partial charge in [0, 0.05) is 38.4 Å². The molecule has 2 aromatic heterocycles. The fourth-order valence-corrected chi connectivity index (χ4v) is 7.57. The minimum Gasteiger partial charge on any atom is -0.309 e. The highest BCUT2D eigenvalue weighted by Crippen LogP contribution is 2.48. The van der Waals surface area contributed by atoms with E-state index in [1.54, 1.807) is 0 Å². The molecule has 3 heterocycles. The Hall–Kier alpha value is -5.86. The molecular weight excluding hydrogens is 532 g/mol. The number of benzene rings is 7. The quantitative estimate of drug-likeness (QED) is 0.200. The first-order valence-electron chi connectivity index (χ1n) is 15.2. The fourth-order valence-electron chi connectivity index (χ4n) is 7.57. The van der Waals surface area contributed by atoms with Crippen molar-refractivity contribution in [2.24, 2.45) is 0 Å². The lowest BCUT2D eigenvalue weighted by Gasteiger charge is -2.12. The minimum atomic E-state index is 1.17. The van der Waals surface area contributed by atoms with Crippen molar-refractivity contribution in [3.05, 3.63) is 158 Å². The smallest absolute Gasteiger partial charge is 0.0620 e. The van der Waals surface area contributed by atoms with E-state index in [9.17, 15) is 0 Å². The number of rotatable bonds is 2. The second-order valence-corrected chi connectivity index (χ2v) is 11.8. The predicted octanol–water partition coefficient (Wildman–Crippen LogP) is 11.2. The number of para-hydroxylation sites is 4. The fraction of sp³-hybridized carbons (Fsp3) is 0. The molecule has 1 aliphatic heterocycles. The van der Waals surface area contributed by atoms with E-state index in [1.165, 1.54) is 88.4 Å². The number of fused-ring (bicyclic) bond motifs is 11. The molecule has 0 amide bonds. The molecule has 10 rings (SSSR count). The molecule has 1 aliphatic rings. The molecule has 0 fully saturated rings. The molecule has 0 unspecified atom stereocenters. The van der Waals surface area contributed by atoms with Gasteiger partial charge in [-0.3, -0.25) is 0 Å². The summed E-state index contributed by atoms with van der Waals surface area (Å²) in [7, 11) is 0. The zero-order valence-corrected chi connectivity index (χ0v) is 23.9. The summed E-state index contributed by atoms with van der Waals surface area (Å²) >= 11 is 0. The maximum Gasteiger partial charge on any atom is 0.0620 e. The van der Waals surface area contributed by atoms with Crippen LogP contribution in [0.1, 0.15) is 0 Å². The predicted molar refractivity (Wildman–Crippen MR) is 185 cm³/mol. The number of hydrogen-bond donors (Lipinski definition) is 0. The van der Waals surface area contributed by atoms with E-state index < -0.39 is 0 Å². The Bertz CT molecular complexity index is 2600. The van der Waals surface area contributed by atoms with Crippen molar-refractivity contribution in [1.82, 2.24) is 9.13 Å². The van der Waals surface area contributed by atoms with Crippen LogP contribution in [0.4, 0.5) is 0 Å². The highest BCUT2D eigenvalue weighted by molar-refractivity contribution is 6.18. The van der Waals surface area contributed by atoms with Crippen molar-refractivity contribution in [3.8, 4) is 44.8 Å². The molecule has 2 heteroatoms. The number of nitrogens with zero attached hydrogens (tertiary/aromatic N) is 2. The third-order valence-electron chi connectivity index (χ3n) is 9.44. The summed E-state index contributed by atoms with van der Waals surface area (Å²) in [6.07, 6.45) is 0. The first-order chi connectivity index (χ1) is 21.8. The molecule has 0 spiro atoms. The summed E-state index contributed by atoms with van der Waals surface area (Å²) in [4.78, 5) is 0. The Balaban J connectivity index is 1.32. The SMILES string of the molecule is c1ccc(-n2c3ccccc3c3ccc(-c4cc5c6c(c4)c4ccccc4n6-c4ccccc4-c4ccccc4-5)cc32)cc1. The molecule has 0 aliphatic carbocycles. The van der Waals surface area contributed by atoms with Crippen LogP contribution in [0.25, 0.3) is 88.4 Å². The standard InChI is InChI=1S/C42H26N2/c1-2-12-29(13-3-1)43-38-19-9-7-17-33(38)35-23-22-27(26-41(35)43)28-24-36-31-15-5-4-14-30(31)32-16-6-10-20-39(32)44-40-21-11-8-18-34(40)37(25-28)42(36)44/h1-26H. The van der Waals surface area contributed by atoms with Gasteiger partial charge in [-0.05, 0) is 70.8 Å². The van der Waals surface area contributed by atoms with Crippen LogP contribution in [0.15, 0.2) is 158 Å². The van der Waals surface area contributed by atoms with E-state index in [-0.39, 0.29) is 0 Å². The molecule has 2 nitrogen and oxygen atoms in total. The maximum absolute atomic E-state index is 2.48. The van der Waals surface area contributed by atoms with Crippen LogP contribution in [0.2, 0.25) is 0 Å². The largest absolute Gasteiger partial charge is 0.309 e. The molecule has 0 atom stereocenters. The average molecular weight is 559 g/mol. The van der Waals surface area contributed by atoms with Gasteiger partial charge in [-0.2, -0.15) is 0 Å². The van der Waals surface area contributed by atoms with Crippen molar-refractivity contribution < 1.29 is 0 Å². The Labute approximate surface area is 254 Å². The van der Waals surface area contributed by atoms with Gasteiger partial charge in [0.2, 0.25) is 0 Å². The first kappa shape index (κ1) is 23.7. The lowest BCUT2D eigenvalue weighted by atomic mass is 9.91. The summed E-state index contributed by atoms with van der Waals surface area (Å²) in [6, 6.07) is 57.8. The van der Waals surface area contributed by atoms with E-state index in [2.05, 4.69) is 167 Å². The van der Waals surface area contributed by atoms with E-state index in [4.69, 9.17) is 0 Å². The Morgan fingerprint density at radius 2 is 0.909 bits per heavy atom. The van der Waals surface area contributed by atoms with Crippen LogP contribution in [-0.2, 0) is 0 Å². The van der Waals surface area contributed by atoms with Crippen LogP contribution in [-0.4, -0.2) is 9.13 Å². The van der Waals surface area contributed by atoms with Gasteiger partial charge >= 0.3 is 0 Å². The topological polar surface area (TPSA) is 9.86 Å². The molecule has 0 saturated heterocycles. The van der Waals surface area contributed by atoms with Gasteiger partial charge in [-0.15, -0.1) is 0 Å². The van der Waals surface area contributed by atoms with Crippen LogP contribution in [0.3, 0.4) is 0 Å². The molecule has 0 saturated carbocycles. The zero-order valence-electron chi connectivity index (χ0n) is 23.9. The lowest BCUT2D eigenvalue weighted by molar-refractivity contribution is 1.18. The van der Waals surface area contributed by atoms with Crippen molar-refractivity contribution in [1.29, 1.82) is 0 Å². The average Bonchev–Trinajstić information content (AvgIpc) is 3.56. The van der Waals surface area contributed by atoms with Gasteiger partial charge < -0.3 is 9.13 Å². The summed E-state index contributed by atoms with van der Waals surface area (Å²) in [5.41, 5.74) is 14.9. The minimum absolute atomic E-state index is 1.17. The molecule has 9 aromatic rings. The second kappa shape index (κ2) is 8.82. The van der Waals surface area contributed by atoms with Crippen molar-refractivity contribution in [2.45, 2.75) is 0 Å². The van der Waals surface area contributed by atoms with E-state index in [0.717, 1.165) is 0 Å². The molecule has 204 valence electrons. The van der Waals surface area contributed by atoms with Crippen molar-refractivity contribution in [2.75, 3.05) is 0 Å². The number of hydrogen-bond acceptors (Lipinski definition) is 0. The van der Waals surface area contributed by atoms with Gasteiger partial charge in [0.05, 0.1) is 27.8 Å². The van der Waals surface area contributed by atoms with E-state index in [1.807, 2.05) is 0 Å². The van der Waals surface area contributed by atoms with Crippen LogP contribution in [0.5, 0.6) is 0 Å². The monoisotopic (exact) mass is 558 g/mol. The van der Waals surface area contributed by atoms with Crippen molar-refractivity contribution in [3.63, 3.8) is 0 Å². The van der Waals surface area contributed by atoms with Gasteiger partial charge in [0.25, 0.3) is 0 Å². The van der Waals surface area contributed by atoms with E-state index >= 15 is 0 Å². The Kier molecular flexibility index (Phi) is 4.75. The number of aromatic nitrogens is 2. The summed E-state index contributed by atoms with van der Waals surface area (Å²) in [5.74, 6) is 0. The van der Waals surface area contributed by atoms with Crippen LogP contribution in [0, 0.1) is 0 Å². The highest BCUT2D eigenvalue weighted by Gasteiger charge is 2.25. The summed E-state index contributed by atoms with van der Waals surface area (Å²) in [5, 5.41) is 5.10. The molecule has 0 radical (unpaired) electrons. The molecular formula is C42H26N2. The highest BCUT2D eigenvalue weighted by atomic mass is 15.0. The van der Waals surface area contributed by atoms with Gasteiger partial charge in [0.1, 0.15) is 0 Å². The lowest BCUT2D eigenvalue weighted by Crippen LogP contribution is -1.95. The Morgan fingerprint density at radius 1 is 0.318 bits per heavy atom.